The van der Waals surface area contributed by atoms with Gasteiger partial charge in [0, 0.05) is 36.1 Å². The third-order valence-corrected chi connectivity index (χ3v) is 5.02. The minimum absolute atomic E-state index is 0.622. The SMILES string of the molecule is Cn1cc(-c2nc(CCN)c(Br)s2)c2ccccc21. The fourth-order valence-corrected chi connectivity index (χ4v) is 3.86. The van der Waals surface area contributed by atoms with Gasteiger partial charge in [-0.05, 0) is 28.5 Å². The summed E-state index contributed by atoms with van der Waals surface area (Å²) in [5, 5.41) is 2.29. The normalized spacial score (nSPS) is 11.3. The molecule has 0 bridgehead atoms. The molecule has 0 saturated carbocycles. The summed E-state index contributed by atoms with van der Waals surface area (Å²) in [5.74, 6) is 0. The molecule has 0 aliphatic carbocycles. The van der Waals surface area contributed by atoms with Gasteiger partial charge in [0.15, 0.2) is 0 Å². The lowest BCUT2D eigenvalue weighted by molar-refractivity contribution is 0.931. The zero-order valence-corrected chi connectivity index (χ0v) is 13.0. The third-order valence-electron chi connectivity index (χ3n) is 3.16. The zero-order valence-electron chi connectivity index (χ0n) is 10.6. The molecular formula is C14H14BrN3S. The number of rotatable bonds is 3. The number of hydrogen-bond donors (Lipinski definition) is 1. The molecule has 0 atom stereocenters. The summed E-state index contributed by atoms with van der Waals surface area (Å²) in [7, 11) is 2.06. The molecule has 3 rings (SSSR count). The second-order valence-electron chi connectivity index (χ2n) is 4.45. The van der Waals surface area contributed by atoms with Gasteiger partial charge in [0.05, 0.1) is 9.48 Å². The molecule has 0 fully saturated rings. The monoisotopic (exact) mass is 335 g/mol. The van der Waals surface area contributed by atoms with Crippen LogP contribution >= 0.6 is 27.3 Å². The molecule has 1 aromatic carbocycles. The molecule has 0 aliphatic heterocycles. The second kappa shape index (κ2) is 5.07. The highest BCUT2D eigenvalue weighted by Gasteiger charge is 2.14. The summed E-state index contributed by atoms with van der Waals surface area (Å²) in [4.78, 5) is 4.71. The lowest BCUT2D eigenvalue weighted by Crippen LogP contribution is -2.03. The summed E-state index contributed by atoms with van der Waals surface area (Å²) < 4.78 is 3.23. The molecule has 2 aromatic heterocycles. The van der Waals surface area contributed by atoms with Gasteiger partial charge in [0.2, 0.25) is 0 Å². The molecule has 19 heavy (non-hydrogen) atoms. The van der Waals surface area contributed by atoms with Crippen LogP contribution < -0.4 is 5.73 Å². The van der Waals surface area contributed by atoms with E-state index in [1.165, 1.54) is 16.5 Å². The molecule has 0 unspecified atom stereocenters. The lowest BCUT2D eigenvalue weighted by Gasteiger charge is -1.94. The number of hydrogen-bond acceptors (Lipinski definition) is 3. The minimum Gasteiger partial charge on any atom is -0.350 e. The molecule has 0 spiro atoms. The number of benzene rings is 1. The smallest absolute Gasteiger partial charge is 0.126 e. The maximum Gasteiger partial charge on any atom is 0.126 e. The van der Waals surface area contributed by atoms with Crippen LogP contribution in [0.2, 0.25) is 0 Å². The van der Waals surface area contributed by atoms with Crippen LogP contribution in [0.5, 0.6) is 0 Å². The summed E-state index contributed by atoms with van der Waals surface area (Å²) in [6.45, 7) is 0.622. The van der Waals surface area contributed by atoms with Crippen molar-refractivity contribution in [2.24, 2.45) is 12.8 Å². The van der Waals surface area contributed by atoms with Crippen LogP contribution in [0, 0.1) is 0 Å². The maximum atomic E-state index is 5.61. The van der Waals surface area contributed by atoms with Crippen LogP contribution in [-0.2, 0) is 13.5 Å². The molecule has 2 N–H and O–H groups in total. The number of fused-ring (bicyclic) bond motifs is 1. The lowest BCUT2D eigenvalue weighted by atomic mass is 10.2. The molecule has 0 saturated heterocycles. The Bertz CT molecular complexity index is 729. The van der Waals surface area contributed by atoms with Crippen molar-refractivity contribution in [3.63, 3.8) is 0 Å². The second-order valence-corrected chi connectivity index (χ2v) is 6.77. The van der Waals surface area contributed by atoms with Crippen molar-refractivity contribution in [1.29, 1.82) is 0 Å². The van der Waals surface area contributed by atoms with Gasteiger partial charge in [-0.15, -0.1) is 11.3 Å². The first-order chi connectivity index (χ1) is 9.20. The van der Waals surface area contributed by atoms with E-state index in [1.54, 1.807) is 11.3 Å². The van der Waals surface area contributed by atoms with E-state index in [0.29, 0.717) is 6.54 Å². The van der Waals surface area contributed by atoms with Crippen LogP contribution in [0.4, 0.5) is 0 Å². The Labute approximate surface area is 124 Å². The molecule has 98 valence electrons. The number of halogens is 1. The van der Waals surface area contributed by atoms with Gasteiger partial charge in [-0.25, -0.2) is 4.98 Å². The van der Waals surface area contributed by atoms with Gasteiger partial charge < -0.3 is 10.3 Å². The highest BCUT2D eigenvalue weighted by Crippen LogP contribution is 2.36. The number of aryl methyl sites for hydroxylation is 1. The Hall–Kier alpha value is -1.17. The molecular weight excluding hydrogens is 322 g/mol. The predicted molar refractivity (Wildman–Crippen MR) is 84.5 cm³/mol. The minimum atomic E-state index is 0.622. The molecule has 2 heterocycles. The third kappa shape index (κ3) is 2.22. The Morgan fingerprint density at radius 1 is 1.37 bits per heavy atom. The molecule has 3 nitrogen and oxygen atoms in total. The Kier molecular flexibility index (Phi) is 3.43. The summed E-state index contributed by atoms with van der Waals surface area (Å²) in [6.07, 6.45) is 2.95. The highest BCUT2D eigenvalue weighted by molar-refractivity contribution is 9.11. The first kappa shape index (κ1) is 12.8. The summed E-state index contributed by atoms with van der Waals surface area (Å²) >= 11 is 5.25. The van der Waals surface area contributed by atoms with Crippen molar-refractivity contribution in [3.8, 4) is 10.6 Å². The van der Waals surface area contributed by atoms with Gasteiger partial charge in [0.25, 0.3) is 0 Å². The van der Waals surface area contributed by atoms with E-state index >= 15 is 0 Å². The van der Waals surface area contributed by atoms with Crippen molar-refractivity contribution in [3.05, 3.63) is 39.9 Å². The van der Waals surface area contributed by atoms with E-state index in [0.717, 1.165) is 20.9 Å². The van der Waals surface area contributed by atoms with E-state index < -0.39 is 0 Å². The van der Waals surface area contributed by atoms with E-state index in [1.807, 2.05) is 0 Å². The maximum absolute atomic E-state index is 5.61. The predicted octanol–water partition coefficient (Wildman–Crippen LogP) is 3.57. The van der Waals surface area contributed by atoms with Crippen molar-refractivity contribution < 1.29 is 0 Å². The number of para-hydroxylation sites is 1. The fraction of sp³-hybridized carbons (Fsp3) is 0.214. The molecule has 3 aromatic rings. The Morgan fingerprint density at radius 3 is 2.95 bits per heavy atom. The van der Waals surface area contributed by atoms with Crippen molar-refractivity contribution in [2.45, 2.75) is 6.42 Å². The summed E-state index contributed by atoms with van der Waals surface area (Å²) in [5.41, 5.74) is 9.08. The average Bonchev–Trinajstić information content (AvgIpc) is 2.93. The first-order valence-electron chi connectivity index (χ1n) is 6.10. The number of thiazole rings is 1. The van der Waals surface area contributed by atoms with Crippen LogP contribution in [0.3, 0.4) is 0 Å². The largest absolute Gasteiger partial charge is 0.350 e. The molecule has 0 aliphatic rings. The van der Waals surface area contributed by atoms with Crippen molar-refractivity contribution >= 4 is 38.2 Å². The highest BCUT2D eigenvalue weighted by atomic mass is 79.9. The molecule has 0 radical (unpaired) electrons. The van der Waals surface area contributed by atoms with Gasteiger partial charge in [-0.1, -0.05) is 18.2 Å². The topological polar surface area (TPSA) is 43.8 Å². The van der Waals surface area contributed by atoms with Crippen molar-refractivity contribution in [1.82, 2.24) is 9.55 Å². The van der Waals surface area contributed by atoms with Crippen LogP contribution in [-0.4, -0.2) is 16.1 Å². The van der Waals surface area contributed by atoms with Crippen LogP contribution in [0.15, 0.2) is 34.2 Å². The Morgan fingerprint density at radius 2 is 2.16 bits per heavy atom. The van der Waals surface area contributed by atoms with E-state index in [-0.39, 0.29) is 0 Å². The summed E-state index contributed by atoms with van der Waals surface area (Å²) in [6, 6.07) is 8.39. The first-order valence-corrected chi connectivity index (χ1v) is 7.71. The van der Waals surface area contributed by atoms with Gasteiger partial charge in [-0.2, -0.15) is 0 Å². The van der Waals surface area contributed by atoms with Gasteiger partial charge in [0.1, 0.15) is 5.01 Å². The zero-order chi connectivity index (χ0) is 13.4. The van der Waals surface area contributed by atoms with Crippen LogP contribution in [0.1, 0.15) is 5.69 Å². The van der Waals surface area contributed by atoms with E-state index in [9.17, 15) is 0 Å². The standard InChI is InChI=1S/C14H14BrN3S/c1-18-8-10(9-4-2-3-5-12(9)18)14-17-11(6-7-16)13(15)19-14/h2-5,8H,6-7,16H2,1H3. The van der Waals surface area contributed by atoms with Crippen molar-refractivity contribution in [2.75, 3.05) is 6.54 Å². The van der Waals surface area contributed by atoms with Gasteiger partial charge >= 0.3 is 0 Å². The molecule has 5 heteroatoms. The number of nitrogens with two attached hydrogens (primary N) is 1. The Balaban J connectivity index is 2.16. The number of aromatic nitrogens is 2. The van der Waals surface area contributed by atoms with E-state index in [4.69, 9.17) is 10.7 Å². The molecule has 0 amide bonds. The van der Waals surface area contributed by atoms with E-state index in [2.05, 4.69) is 58.0 Å². The van der Waals surface area contributed by atoms with Crippen LogP contribution in [0.25, 0.3) is 21.5 Å². The quantitative estimate of drug-likeness (QED) is 0.795. The van der Waals surface area contributed by atoms with Gasteiger partial charge in [-0.3, -0.25) is 0 Å². The number of nitrogens with zero attached hydrogens (tertiary/aromatic N) is 2. The average molecular weight is 336 g/mol. The fourth-order valence-electron chi connectivity index (χ4n) is 2.25.